The van der Waals surface area contributed by atoms with Crippen molar-refractivity contribution in [2.75, 3.05) is 0 Å². The van der Waals surface area contributed by atoms with Gasteiger partial charge in [0.05, 0.1) is 11.0 Å². The molecule has 3 rings (SSSR count). The van der Waals surface area contributed by atoms with Gasteiger partial charge in [-0.05, 0) is 29.3 Å². The average molecular weight is 348 g/mol. The van der Waals surface area contributed by atoms with Gasteiger partial charge in [-0.2, -0.15) is 0 Å². The zero-order chi connectivity index (χ0) is 17.1. The molecule has 1 aromatic heterocycles. The fourth-order valence-corrected chi connectivity index (χ4v) is 3.75. The first-order valence-corrected chi connectivity index (χ1v) is 8.52. The number of primary amides is 1. The van der Waals surface area contributed by atoms with Crippen LogP contribution < -0.4 is 5.73 Å². The van der Waals surface area contributed by atoms with Gasteiger partial charge in [-0.3, -0.25) is 14.9 Å². The minimum absolute atomic E-state index is 0.117. The van der Waals surface area contributed by atoms with Gasteiger partial charge in [-0.1, -0.05) is 30.7 Å². The Morgan fingerprint density at radius 3 is 2.83 bits per heavy atom. The quantitative estimate of drug-likeness (QED) is 0.480. The van der Waals surface area contributed by atoms with E-state index in [2.05, 4.69) is 15.5 Å². The van der Waals surface area contributed by atoms with Crippen LogP contribution in [0.3, 0.4) is 0 Å². The number of hydrogen-bond acceptors (Lipinski definition) is 7. The summed E-state index contributed by atoms with van der Waals surface area (Å²) in [5.74, 6) is -0.356. The predicted molar refractivity (Wildman–Crippen MR) is 86.5 cm³/mol. The van der Waals surface area contributed by atoms with Crippen molar-refractivity contribution in [3.05, 3.63) is 39.4 Å². The normalized spacial score (nSPS) is 14.8. The molecule has 0 unspecified atom stereocenters. The number of benzene rings is 1. The van der Waals surface area contributed by atoms with E-state index in [0.29, 0.717) is 22.5 Å². The molecule has 0 radical (unpaired) electrons. The van der Waals surface area contributed by atoms with Crippen molar-refractivity contribution in [1.82, 2.24) is 20.2 Å². The summed E-state index contributed by atoms with van der Waals surface area (Å²) in [6.07, 6.45) is 4.42. The van der Waals surface area contributed by atoms with Gasteiger partial charge in [-0.25, -0.2) is 4.68 Å². The molecule has 0 bridgehead atoms. The van der Waals surface area contributed by atoms with Gasteiger partial charge in [0, 0.05) is 22.9 Å². The van der Waals surface area contributed by atoms with E-state index in [1.54, 1.807) is 10.7 Å². The first-order chi connectivity index (χ1) is 11.6. The topological polar surface area (TPSA) is 130 Å². The van der Waals surface area contributed by atoms with Gasteiger partial charge in [0.25, 0.3) is 5.69 Å². The molecule has 1 heterocycles. The summed E-state index contributed by atoms with van der Waals surface area (Å²) >= 11 is 1.35. The number of amides is 1. The third-order valence-electron chi connectivity index (χ3n) is 4.06. The number of carbonyl (C=O) groups excluding carboxylic acids is 1. The van der Waals surface area contributed by atoms with E-state index < -0.39 is 10.8 Å². The van der Waals surface area contributed by atoms with Crippen molar-refractivity contribution in [3.63, 3.8) is 0 Å². The van der Waals surface area contributed by atoms with Gasteiger partial charge in [-0.15, -0.1) is 5.10 Å². The van der Waals surface area contributed by atoms with Crippen molar-refractivity contribution < 1.29 is 9.72 Å². The molecule has 1 saturated carbocycles. The van der Waals surface area contributed by atoms with Crippen LogP contribution in [0.25, 0.3) is 0 Å². The zero-order valence-corrected chi connectivity index (χ0v) is 13.6. The fourth-order valence-electron chi connectivity index (χ4n) is 2.81. The van der Waals surface area contributed by atoms with Crippen LogP contribution in [-0.2, 0) is 5.75 Å². The summed E-state index contributed by atoms with van der Waals surface area (Å²) < 4.78 is 1.81. The van der Waals surface area contributed by atoms with Crippen LogP contribution in [0, 0.1) is 10.1 Å². The number of thioether (sulfide) groups is 1. The Morgan fingerprint density at radius 2 is 2.17 bits per heavy atom. The van der Waals surface area contributed by atoms with E-state index >= 15 is 0 Å². The van der Waals surface area contributed by atoms with E-state index in [1.807, 2.05) is 0 Å². The Kier molecular flexibility index (Phi) is 4.74. The van der Waals surface area contributed by atoms with Crippen LogP contribution in [0.15, 0.2) is 23.4 Å². The number of carbonyl (C=O) groups is 1. The minimum Gasteiger partial charge on any atom is -0.366 e. The zero-order valence-electron chi connectivity index (χ0n) is 12.8. The number of tetrazole rings is 1. The Hall–Kier alpha value is -2.49. The summed E-state index contributed by atoms with van der Waals surface area (Å²) in [4.78, 5) is 21.9. The molecule has 1 fully saturated rings. The predicted octanol–water partition coefficient (Wildman–Crippen LogP) is 2.09. The first-order valence-electron chi connectivity index (χ1n) is 7.54. The molecule has 0 atom stereocenters. The maximum atomic E-state index is 11.2. The van der Waals surface area contributed by atoms with E-state index in [4.69, 9.17) is 5.73 Å². The molecule has 1 aromatic carbocycles. The number of nitro benzene ring substituents is 1. The highest BCUT2D eigenvalue weighted by molar-refractivity contribution is 7.98. The molecule has 9 nitrogen and oxygen atoms in total. The molecular weight excluding hydrogens is 332 g/mol. The summed E-state index contributed by atoms with van der Waals surface area (Å²) in [6.45, 7) is 0. The number of rotatable bonds is 6. The van der Waals surface area contributed by atoms with Gasteiger partial charge < -0.3 is 5.73 Å². The van der Waals surface area contributed by atoms with E-state index in [1.165, 1.54) is 23.9 Å². The maximum absolute atomic E-state index is 11.2. The van der Waals surface area contributed by atoms with Crippen molar-refractivity contribution >= 4 is 23.4 Å². The second-order valence-electron chi connectivity index (χ2n) is 5.60. The number of nitrogens with zero attached hydrogens (tertiary/aromatic N) is 5. The van der Waals surface area contributed by atoms with Crippen molar-refractivity contribution in [2.45, 2.75) is 42.6 Å². The Morgan fingerprint density at radius 1 is 1.42 bits per heavy atom. The van der Waals surface area contributed by atoms with Crippen molar-refractivity contribution in [3.8, 4) is 0 Å². The molecule has 1 aliphatic rings. The van der Waals surface area contributed by atoms with Crippen LogP contribution in [-0.4, -0.2) is 31.0 Å². The Bertz CT molecular complexity index is 772. The van der Waals surface area contributed by atoms with Crippen LogP contribution in [0.1, 0.15) is 47.6 Å². The Labute approximate surface area is 141 Å². The molecular formula is C14H16N6O3S. The third-order valence-corrected chi connectivity index (χ3v) is 5.04. The van der Waals surface area contributed by atoms with E-state index in [9.17, 15) is 14.9 Å². The molecule has 10 heteroatoms. The second kappa shape index (κ2) is 6.95. The van der Waals surface area contributed by atoms with E-state index in [0.717, 1.165) is 25.7 Å². The number of hydrogen-bond donors (Lipinski definition) is 1. The SMILES string of the molecule is NC(=O)c1ccc(CSc2nnnn2C2CCCC2)c([N+](=O)[O-])c1. The Balaban J connectivity index is 1.78. The monoisotopic (exact) mass is 348 g/mol. The van der Waals surface area contributed by atoms with Crippen LogP contribution in [0.4, 0.5) is 5.69 Å². The molecule has 1 amide bonds. The first kappa shape index (κ1) is 16.4. The lowest BCUT2D eigenvalue weighted by Gasteiger charge is -2.10. The van der Waals surface area contributed by atoms with Crippen LogP contribution >= 0.6 is 11.8 Å². The van der Waals surface area contributed by atoms with Crippen molar-refractivity contribution in [1.29, 1.82) is 0 Å². The van der Waals surface area contributed by atoms with E-state index in [-0.39, 0.29) is 11.3 Å². The van der Waals surface area contributed by atoms with Gasteiger partial charge in [0.2, 0.25) is 11.1 Å². The largest absolute Gasteiger partial charge is 0.366 e. The summed E-state index contributed by atoms with van der Waals surface area (Å²) in [7, 11) is 0. The summed E-state index contributed by atoms with van der Waals surface area (Å²) in [6, 6.07) is 4.55. The highest BCUT2D eigenvalue weighted by atomic mass is 32.2. The molecule has 126 valence electrons. The average Bonchev–Trinajstić information content (AvgIpc) is 3.23. The lowest BCUT2D eigenvalue weighted by Crippen LogP contribution is -2.11. The standard InChI is InChI=1S/C14H16N6O3S/c15-13(21)9-5-6-10(12(7-9)20(22)23)8-24-14-16-17-18-19(14)11-3-1-2-4-11/h5-7,11H,1-4,8H2,(H2,15,21). The van der Waals surface area contributed by atoms with Crippen LogP contribution in [0.2, 0.25) is 0 Å². The lowest BCUT2D eigenvalue weighted by atomic mass is 10.1. The number of nitrogens with two attached hydrogens (primary N) is 1. The highest BCUT2D eigenvalue weighted by Gasteiger charge is 2.23. The number of aromatic nitrogens is 4. The summed E-state index contributed by atoms with van der Waals surface area (Å²) in [5, 5.41) is 23.7. The molecule has 1 aliphatic carbocycles. The molecule has 24 heavy (non-hydrogen) atoms. The molecule has 0 saturated heterocycles. The highest BCUT2D eigenvalue weighted by Crippen LogP contribution is 2.33. The van der Waals surface area contributed by atoms with Gasteiger partial charge in [0.15, 0.2) is 0 Å². The van der Waals surface area contributed by atoms with Crippen LogP contribution in [0.5, 0.6) is 0 Å². The summed E-state index contributed by atoms with van der Waals surface area (Å²) in [5.41, 5.74) is 5.66. The second-order valence-corrected chi connectivity index (χ2v) is 6.54. The minimum atomic E-state index is -0.692. The third kappa shape index (κ3) is 3.37. The lowest BCUT2D eigenvalue weighted by molar-refractivity contribution is -0.385. The van der Waals surface area contributed by atoms with Crippen molar-refractivity contribution in [2.24, 2.45) is 5.73 Å². The molecule has 0 spiro atoms. The molecule has 2 N–H and O–H groups in total. The smallest absolute Gasteiger partial charge is 0.274 e. The molecule has 2 aromatic rings. The fraction of sp³-hybridized carbons (Fsp3) is 0.429. The van der Waals surface area contributed by atoms with Gasteiger partial charge >= 0.3 is 0 Å². The maximum Gasteiger partial charge on any atom is 0.274 e. The van der Waals surface area contributed by atoms with Gasteiger partial charge in [0.1, 0.15) is 0 Å². The number of nitro groups is 1. The molecule has 0 aliphatic heterocycles.